The summed E-state index contributed by atoms with van der Waals surface area (Å²) < 4.78 is 140. The van der Waals surface area contributed by atoms with Crippen molar-refractivity contribution in [2.45, 2.75) is 82.4 Å². The van der Waals surface area contributed by atoms with E-state index in [9.17, 15) is 48.7 Å². The van der Waals surface area contributed by atoms with Crippen LogP contribution in [0.25, 0.3) is 0 Å². The van der Waals surface area contributed by atoms with Crippen LogP contribution in [0, 0.1) is 0 Å². The molecular weight excluding hydrogens is 420 g/mol. The van der Waals surface area contributed by atoms with Crippen molar-refractivity contribution in [2.75, 3.05) is 0 Å². The first-order chi connectivity index (χ1) is 12.4. The number of nitrogens with zero attached hydrogens (tertiary/aromatic N) is 1. The van der Waals surface area contributed by atoms with Crippen LogP contribution in [0.15, 0.2) is 0 Å². The summed E-state index contributed by atoms with van der Waals surface area (Å²) in [6.07, 6.45) is -12.0. The lowest BCUT2D eigenvalue weighted by molar-refractivity contribution is -0.581. The molecular formula is C14H17F10NO3. The summed E-state index contributed by atoms with van der Waals surface area (Å²) in [7, 11) is 0. The number of rotatable bonds is 8. The third kappa shape index (κ3) is 4.31. The minimum Gasteiger partial charge on any atom is -0.457 e. The minimum atomic E-state index is -6.68. The highest BCUT2D eigenvalue weighted by molar-refractivity contribution is 5.77. The van der Waals surface area contributed by atoms with E-state index in [0.29, 0.717) is 12.8 Å². The molecule has 0 N–H and O–H groups in total. The highest BCUT2D eigenvalue weighted by atomic mass is 19.4. The lowest BCUT2D eigenvalue weighted by Gasteiger charge is -2.48. The Balaban J connectivity index is 3.12. The van der Waals surface area contributed by atoms with E-state index in [-0.39, 0.29) is 6.42 Å². The average Bonchev–Trinajstić information content (AvgIpc) is 2.48. The van der Waals surface area contributed by atoms with E-state index in [2.05, 4.69) is 9.47 Å². The Morgan fingerprint density at radius 3 is 1.86 bits per heavy atom. The van der Waals surface area contributed by atoms with E-state index in [4.69, 9.17) is 0 Å². The molecule has 4 nitrogen and oxygen atoms in total. The number of esters is 1. The monoisotopic (exact) mass is 437 g/mol. The number of ether oxygens (including phenoxy) is 2. The fourth-order valence-electron chi connectivity index (χ4n) is 2.34. The second kappa shape index (κ2) is 7.84. The molecule has 1 fully saturated rings. The van der Waals surface area contributed by atoms with Gasteiger partial charge in [-0.3, -0.25) is 0 Å². The Labute approximate surface area is 152 Å². The Kier molecular flexibility index (Phi) is 6.92. The smallest absolute Gasteiger partial charge is 0.439 e. The second-order valence-corrected chi connectivity index (χ2v) is 6.16. The number of hydrogen-bond acceptors (Lipinski definition) is 4. The summed E-state index contributed by atoms with van der Waals surface area (Å²) in [5, 5.41) is 0. The van der Waals surface area contributed by atoms with Gasteiger partial charge in [0.2, 0.25) is 0 Å². The van der Waals surface area contributed by atoms with Gasteiger partial charge in [-0.05, 0) is 19.8 Å². The maximum Gasteiger partial charge on any atom is 0.439 e. The van der Waals surface area contributed by atoms with Crippen LogP contribution >= 0.6 is 0 Å². The number of carbonyl (C=O) groups is 1. The maximum atomic E-state index is 14.0. The lowest BCUT2D eigenvalue weighted by atomic mass is 10.1. The molecule has 0 bridgehead atoms. The van der Waals surface area contributed by atoms with Gasteiger partial charge in [-0.1, -0.05) is 31.1 Å². The fraction of sp³-hybridized carbons (Fsp3) is 0.929. The van der Waals surface area contributed by atoms with Gasteiger partial charge < -0.3 is 4.74 Å². The van der Waals surface area contributed by atoms with Crippen molar-refractivity contribution >= 4 is 5.97 Å². The number of halogens is 10. The number of unbranched alkanes of at least 4 members (excludes halogenated alkanes) is 3. The van der Waals surface area contributed by atoms with Gasteiger partial charge in [0.25, 0.3) is 0 Å². The molecule has 1 heterocycles. The Bertz CT molecular complexity index is 544. The van der Waals surface area contributed by atoms with Crippen LogP contribution in [-0.4, -0.2) is 47.3 Å². The molecule has 1 saturated heterocycles. The van der Waals surface area contributed by atoms with E-state index < -0.39 is 47.3 Å². The summed E-state index contributed by atoms with van der Waals surface area (Å²) in [6, 6.07) is -19.6. The van der Waals surface area contributed by atoms with Gasteiger partial charge in [-0.25, -0.2) is 9.53 Å². The van der Waals surface area contributed by atoms with Gasteiger partial charge in [0.1, 0.15) is 0 Å². The molecule has 166 valence electrons. The molecule has 1 aliphatic rings. The molecule has 1 unspecified atom stereocenters. The zero-order valence-electron chi connectivity index (χ0n) is 14.6. The van der Waals surface area contributed by atoms with E-state index >= 15 is 0 Å². The van der Waals surface area contributed by atoms with Crippen molar-refractivity contribution in [3.05, 3.63) is 0 Å². The van der Waals surface area contributed by atoms with E-state index in [0.717, 1.165) is 19.8 Å². The molecule has 1 aliphatic heterocycles. The molecule has 1 atom stereocenters. The van der Waals surface area contributed by atoms with Crippen LogP contribution in [0.2, 0.25) is 0 Å². The number of carbonyl (C=O) groups excluding carboxylic acids is 1. The topological polar surface area (TPSA) is 38.8 Å². The average molecular weight is 437 g/mol. The number of morpholine rings is 1. The highest BCUT2D eigenvalue weighted by Gasteiger charge is 2.88. The van der Waals surface area contributed by atoms with Crippen LogP contribution < -0.4 is 0 Å². The molecule has 0 saturated carbocycles. The van der Waals surface area contributed by atoms with Crippen molar-refractivity contribution in [2.24, 2.45) is 0 Å². The van der Waals surface area contributed by atoms with E-state index in [1.54, 1.807) is 0 Å². The first kappa shape index (κ1) is 24.7. The summed E-state index contributed by atoms with van der Waals surface area (Å²) in [5.74, 6) is -3.11. The van der Waals surface area contributed by atoms with Crippen LogP contribution in [0.4, 0.5) is 43.9 Å². The van der Waals surface area contributed by atoms with Gasteiger partial charge in [0, 0.05) is 0 Å². The van der Waals surface area contributed by atoms with Crippen LogP contribution in [-0.2, 0) is 14.3 Å². The summed E-state index contributed by atoms with van der Waals surface area (Å²) in [6.45, 7) is 2.86. The molecule has 28 heavy (non-hydrogen) atoms. The normalized spacial score (nSPS) is 24.6. The molecule has 14 heteroatoms. The van der Waals surface area contributed by atoms with Crippen LogP contribution in [0.1, 0.15) is 46.0 Å². The molecule has 0 aliphatic carbocycles. The molecule has 1 rings (SSSR count). The number of hydrogen-bond donors (Lipinski definition) is 0. The van der Waals surface area contributed by atoms with Crippen molar-refractivity contribution in [3.8, 4) is 0 Å². The Hall–Kier alpha value is -1.31. The molecule has 0 aromatic heterocycles. The van der Waals surface area contributed by atoms with Crippen LogP contribution in [0.5, 0.6) is 0 Å². The van der Waals surface area contributed by atoms with Gasteiger partial charge in [0.05, 0.1) is 6.10 Å². The van der Waals surface area contributed by atoms with Gasteiger partial charge >= 0.3 is 36.3 Å². The minimum absolute atomic E-state index is 0.0793. The zero-order chi connectivity index (χ0) is 22.2. The molecule has 0 aromatic rings. The fourth-order valence-corrected chi connectivity index (χ4v) is 2.34. The van der Waals surface area contributed by atoms with Gasteiger partial charge in [-0.15, -0.1) is 0 Å². The third-order valence-electron chi connectivity index (χ3n) is 3.82. The maximum absolute atomic E-state index is 14.0. The Morgan fingerprint density at radius 2 is 1.43 bits per heavy atom. The molecule has 0 spiro atoms. The highest BCUT2D eigenvalue weighted by Crippen LogP contribution is 2.58. The van der Waals surface area contributed by atoms with Crippen molar-refractivity contribution < 1.29 is 58.2 Å². The summed E-state index contributed by atoms with van der Waals surface area (Å²) in [5.41, 5.74) is 0. The molecule has 0 aromatic carbocycles. The Morgan fingerprint density at radius 1 is 0.964 bits per heavy atom. The van der Waals surface area contributed by atoms with Gasteiger partial charge in [-0.2, -0.15) is 43.9 Å². The number of alkyl halides is 10. The predicted octanol–water partition coefficient (Wildman–Crippen LogP) is 5.18. The van der Waals surface area contributed by atoms with Gasteiger partial charge in [0.15, 0.2) is 0 Å². The largest absolute Gasteiger partial charge is 0.457 e. The predicted molar refractivity (Wildman–Crippen MR) is 72.0 cm³/mol. The molecule has 0 amide bonds. The first-order valence-electron chi connectivity index (χ1n) is 8.06. The van der Waals surface area contributed by atoms with Crippen LogP contribution in [0.3, 0.4) is 0 Å². The first-order valence-corrected chi connectivity index (χ1v) is 8.06. The van der Waals surface area contributed by atoms with E-state index in [1.165, 1.54) is 0 Å². The summed E-state index contributed by atoms with van der Waals surface area (Å²) >= 11 is 0. The van der Waals surface area contributed by atoms with Crippen molar-refractivity contribution in [1.29, 1.82) is 0 Å². The second-order valence-electron chi connectivity index (χ2n) is 6.16. The summed E-state index contributed by atoms with van der Waals surface area (Å²) in [4.78, 5) is 8.29. The van der Waals surface area contributed by atoms with Crippen molar-refractivity contribution in [1.82, 2.24) is 4.90 Å². The lowest BCUT2D eigenvalue weighted by Crippen LogP contribution is -2.78. The SMILES string of the molecule is CCCCCCC(C)OC(=O)C(F)(F)N1C(F)(F)C(F)(F)OC(F)(F)C1(F)F. The quantitative estimate of drug-likeness (QED) is 0.227. The van der Waals surface area contributed by atoms with E-state index in [1.807, 2.05) is 6.92 Å². The third-order valence-corrected chi connectivity index (χ3v) is 3.82. The zero-order valence-corrected chi connectivity index (χ0v) is 14.6. The van der Waals surface area contributed by atoms with Crippen molar-refractivity contribution in [3.63, 3.8) is 0 Å². The standard InChI is InChI=1S/C14H17F10NO3/c1-3-4-5-6-7-8(2)27-9(26)10(15,16)25-11(17,18)13(21,22)28-14(23,24)12(25,19)20/h8H,3-7H2,1-2H3. The molecule has 0 radical (unpaired) electrons.